The third-order valence-electron chi connectivity index (χ3n) is 6.98. The van der Waals surface area contributed by atoms with Crippen molar-refractivity contribution in [3.8, 4) is 5.75 Å². The van der Waals surface area contributed by atoms with E-state index >= 15 is 0 Å². The summed E-state index contributed by atoms with van der Waals surface area (Å²) >= 11 is 0. The molecule has 7 heteroatoms. The first-order chi connectivity index (χ1) is 16.0. The summed E-state index contributed by atoms with van der Waals surface area (Å²) in [6.45, 7) is 3.22. The Hall–Kier alpha value is -3.35. The minimum absolute atomic E-state index is 0.0200. The van der Waals surface area contributed by atoms with Crippen molar-refractivity contribution >= 4 is 17.5 Å². The van der Waals surface area contributed by atoms with Gasteiger partial charge in [-0.15, -0.1) is 0 Å². The van der Waals surface area contributed by atoms with E-state index in [0.29, 0.717) is 25.2 Å². The summed E-state index contributed by atoms with van der Waals surface area (Å²) in [4.78, 5) is 35.2. The topological polar surface area (TPSA) is 67.2 Å². The normalized spacial score (nSPS) is 21.1. The lowest BCUT2D eigenvalue weighted by molar-refractivity contribution is -0.135. The highest BCUT2D eigenvalue weighted by atomic mass is 16.5. The van der Waals surface area contributed by atoms with E-state index in [1.807, 2.05) is 69.9 Å². The second-order valence-corrected chi connectivity index (χ2v) is 9.13. The molecule has 172 valence electrons. The Morgan fingerprint density at radius 1 is 1.12 bits per heavy atom. The Balaban J connectivity index is 1.39. The summed E-state index contributed by atoms with van der Waals surface area (Å²) in [5.74, 6) is 0.940. The van der Waals surface area contributed by atoms with Crippen LogP contribution in [0.1, 0.15) is 53.7 Å². The van der Waals surface area contributed by atoms with Crippen LogP contribution in [-0.4, -0.2) is 56.7 Å². The fourth-order valence-electron chi connectivity index (χ4n) is 5.23. The second kappa shape index (κ2) is 8.89. The molecule has 2 aromatic heterocycles. The van der Waals surface area contributed by atoms with Crippen LogP contribution in [0.4, 0.5) is 0 Å². The molecule has 3 aromatic rings. The molecule has 2 amide bonds. The third kappa shape index (κ3) is 4.19. The quantitative estimate of drug-likeness (QED) is 0.611. The van der Waals surface area contributed by atoms with Crippen molar-refractivity contribution in [2.24, 2.45) is 0 Å². The Morgan fingerprint density at radius 3 is 2.73 bits per heavy atom. The standard InChI is InChI=1S/C26H30N4O3/c1-18-11-13-28-17-21(27-24(28)15-18)26(32)29-14-12-23-22(29)5-3-4-6-25(31)30(23)16-19-7-9-20(33-2)10-8-19/h7-11,13,15,17,22-23H,3-6,12,14,16H2,1-2H3/t22-,23+/m1/s1. The lowest BCUT2D eigenvalue weighted by atomic mass is 9.96. The number of aromatic nitrogens is 2. The molecule has 2 aliphatic heterocycles. The van der Waals surface area contributed by atoms with Crippen molar-refractivity contribution < 1.29 is 14.3 Å². The summed E-state index contributed by atoms with van der Waals surface area (Å²) in [6, 6.07) is 11.9. The Morgan fingerprint density at radius 2 is 1.94 bits per heavy atom. The summed E-state index contributed by atoms with van der Waals surface area (Å²) in [7, 11) is 1.65. The van der Waals surface area contributed by atoms with Gasteiger partial charge >= 0.3 is 0 Å². The van der Waals surface area contributed by atoms with Crippen LogP contribution in [-0.2, 0) is 11.3 Å². The van der Waals surface area contributed by atoms with Gasteiger partial charge in [-0.2, -0.15) is 0 Å². The molecule has 0 N–H and O–H groups in total. The lowest BCUT2D eigenvalue weighted by Crippen LogP contribution is -2.49. The van der Waals surface area contributed by atoms with Crippen LogP contribution >= 0.6 is 0 Å². The molecule has 7 nitrogen and oxygen atoms in total. The maximum Gasteiger partial charge on any atom is 0.274 e. The van der Waals surface area contributed by atoms with Gasteiger partial charge in [0.15, 0.2) is 0 Å². The van der Waals surface area contributed by atoms with E-state index in [-0.39, 0.29) is 23.9 Å². The Labute approximate surface area is 194 Å². The van der Waals surface area contributed by atoms with Gasteiger partial charge < -0.3 is 18.9 Å². The van der Waals surface area contributed by atoms with Crippen LogP contribution < -0.4 is 4.74 Å². The third-order valence-corrected chi connectivity index (χ3v) is 6.98. The average Bonchev–Trinajstić information content (AvgIpc) is 3.42. The molecule has 0 bridgehead atoms. The molecule has 2 saturated heterocycles. The van der Waals surface area contributed by atoms with E-state index in [9.17, 15) is 9.59 Å². The molecule has 0 aliphatic carbocycles. The highest BCUT2D eigenvalue weighted by molar-refractivity contribution is 5.93. The molecule has 2 atom stereocenters. The summed E-state index contributed by atoms with van der Waals surface area (Å²) in [5, 5.41) is 0. The van der Waals surface area contributed by atoms with Crippen LogP contribution in [0, 0.1) is 6.92 Å². The van der Waals surface area contributed by atoms with Crippen LogP contribution in [0.2, 0.25) is 0 Å². The molecule has 0 radical (unpaired) electrons. The molecule has 2 fully saturated rings. The smallest absolute Gasteiger partial charge is 0.274 e. The molecule has 2 aliphatic rings. The Kier molecular flexibility index (Phi) is 5.79. The number of benzene rings is 1. The summed E-state index contributed by atoms with van der Waals surface area (Å²) in [6.07, 6.45) is 7.84. The number of amides is 2. The molecule has 5 rings (SSSR count). The number of hydrogen-bond donors (Lipinski definition) is 0. The maximum absolute atomic E-state index is 13.5. The van der Waals surface area contributed by atoms with Crippen molar-refractivity contribution in [2.75, 3.05) is 13.7 Å². The van der Waals surface area contributed by atoms with E-state index in [4.69, 9.17) is 4.74 Å². The molecule has 4 heterocycles. The zero-order chi connectivity index (χ0) is 22.9. The van der Waals surface area contributed by atoms with E-state index in [1.165, 1.54) is 0 Å². The zero-order valence-electron chi connectivity index (χ0n) is 19.2. The molecule has 0 saturated carbocycles. The van der Waals surface area contributed by atoms with Gasteiger partial charge in [0.25, 0.3) is 5.91 Å². The number of fused-ring (bicyclic) bond motifs is 2. The van der Waals surface area contributed by atoms with Crippen molar-refractivity contribution in [1.29, 1.82) is 0 Å². The second-order valence-electron chi connectivity index (χ2n) is 9.13. The van der Waals surface area contributed by atoms with Gasteiger partial charge in [-0.3, -0.25) is 9.59 Å². The summed E-state index contributed by atoms with van der Waals surface area (Å²) in [5.41, 5.74) is 3.43. The van der Waals surface area contributed by atoms with E-state index < -0.39 is 0 Å². The molecular weight excluding hydrogens is 416 g/mol. The van der Waals surface area contributed by atoms with Crippen LogP contribution in [0.5, 0.6) is 5.75 Å². The first-order valence-corrected chi connectivity index (χ1v) is 11.7. The van der Waals surface area contributed by atoms with Gasteiger partial charge in [0, 0.05) is 31.9 Å². The van der Waals surface area contributed by atoms with Crippen LogP contribution in [0.25, 0.3) is 5.65 Å². The predicted molar refractivity (Wildman–Crippen MR) is 125 cm³/mol. The first-order valence-electron chi connectivity index (χ1n) is 11.7. The number of methoxy groups -OCH3 is 1. The minimum Gasteiger partial charge on any atom is -0.497 e. The highest BCUT2D eigenvalue weighted by Gasteiger charge is 2.42. The number of carbonyl (C=O) groups is 2. The number of hydrogen-bond acceptors (Lipinski definition) is 4. The largest absolute Gasteiger partial charge is 0.497 e. The zero-order valence-corrected chi connectivity index (χ0v) is 19.2. The summed E-state index contributed by atoms with van der Waals surface area (Å²) < 4.78 is 7.16. The monoisotopic (exact) mass is 446 g/mol. The fraction of sp³-hybridized carbons (Fsp3) is 0.423. The van der Waals surface area contributed by atoms with Gasteiger partial charge in [-0.1, -0.05) is 18.6 Å². The SMILES string of the molecule is COc1ccc(CN2C(=O)CCCC[C@@H]3[C@@H]2CCN3C(=O)c2cn3ccc(C)cc3n2)cc1. The van der Waals surface area contributed by atoms with Crippen molar-refractivity contribution in [1.82, 2.24) is 19.2 Å². The fourth-order valence-corrected chi connectivity index (χ4v) is 5.23. The number of carbonyl (C=O) groups excluding carboxylic acids is 2. The van der Waals surface area contributed by atoms with Crippen LogP contribution in [0.15, 0.2) is 48.8 Å². The van der Waals surface area contributed by atoms with Gasteiger partial charge in [0.05, 0.1) is 19.2 Å². The van der Waals surface area contributed by atoms with Gasteiger partial charge in [0.2, 0.25) is 5.91 Å². The molecule has 0 unspecified atom stereocenters. The van der Waals surface area contributed by atoms with Crippen molar-refractivity contribution in [3.05, 3.63) is 65.6 Å². The van der Waals surface area contributed by atoms with Crippen molar-refractivity contribution in [3.63, 3.8) is 0 Å². The maximum atomic E-state index is 13.5. The number of likely N-dealkylation sites (tertiary alicyclic amines) is 2. The molecule has 1 aromatic carbocycles. The minimum atomic E-state index is -0.0405. The van der Waals surface area contributed by atoms with Gasteiger partial charge in [-0.05, 0) is 61.6 Å². The molecule has 0 spiro atoms. The lowest BCUT2D eigenvalue weighted by Gasteiger charge is -2.37. The van der Waals surface area contributed by atoms with Crippen LogP contribution in [0.3, 0.4) is 0 Å². The van der Waals surface area contributed by atoms with Crippen molar-refractivity contribution in [2.45, 2.75) is 57.7 Å². The highest BCUT2D eigenvalue weighted by Crippen LogP contribution is 2.32. The first kappa shape index (κ1) is 21.5. The Bertz CT molecular complexity index is 1170. The van der Waals surface area contributed by atoms with Gasteiger partial charge in [0.1, 0.15) is 17.1 Å². The van der Waals surface area contributed by atoms with E-state index in [2.05, 4.69) is 4.98 Å². The molecular formula is C26H30N4O3. The van der Waals surface area contributed by atoms with E-state index in [0.717, 1.165) is 48.2 Å². The number of aryl methyl sites for hydroxylation is 1. The van der Waals surface area contributed by atoms with E-state index in [1.54, 1.807) is 7.11 Å². The number of nitrogens with zero attached hydrogens (tertiary/aromatic N) is 4. The number of imidazole rings is 1. The number of rotatable bonds is 4. The average molecular weight is 447 g/mol. The predicted octanol–water partition coefficient (Wildman–Crippen LogP) is 3.84. The number of ether oxygens (including phenoxy) is 1. The molecule has 33 heavy (non-hydrogen) atoms. The number of pyridine rings is 1. The van der Waals surface area contributed by atoms with Gasteiger partial charge in [-0.25, -0.2) is 4.98 Å².